The van der Waals surface area contributed by atoms with Gasteiger partial charge in [-0.2, -0.15) is 0 Å². The largest absolute Gasteiger partial charge is 0.379 e. The van der Waals surface area contributed by atoms with Crippen LogP contribution in [0.4, 0.5) is 5.69 Å². The fraction of sp³-hybridized carbons (Fsp3) is 0.417. The minimum Gasteiger partial charge on any atom is -0.379 e. The van der Waals surface area contributed by atoms with Crippen LogP contribution < -0.4 is 11.1 Å². The molecule has 1 aliphatic heterocycles. The fourth-order valence-electron chi connectivity index (χ4n) is 1.82. The molecule has 4 nitrogen and oxygen atoms in total. The van der Waals surface area contributed by atoms with E-state index in [-0.39, 0.29) is 12.5 Å². The number of halogens is 1. The van der Waals surface area contributed by atoms with Gasteiger partial charge in [-0.05, 0) is 37.1 Å². The van der Waals surface area contributed by atoms with Crippen LogP contribution in [0.1, 0.15) is 12.0 Å². The van der Waals surface area contributed by atoms with Crippen molar-refractivity contribution in [3.63, 3.8) is 0 Å². The van der Waals surface area contributed by atoms with Crippen molar-refractivity contribution in [3.05, 3.63) is 28.2 Å². The summed E-state index contributed by atoms with van der Waals surface area (Å²) in [4.78, 5) is 12.0. The van der Waals surface area contributed by atoms with E-state index in [2.05, 4.69) is 21.2 Å². The van der Waals surface area contributed by atoms with Crippen LogP contribution in [-0.2, 0) is 9.53 Å². The Labute approximate surface area is 109 Å². The number of hydrogen-bond donors (Lipinski definition) is 2. The summed E-state index contributed by atoms with van der Waals surface area (Å²) in [5.41, 5.74) is 6.91. The molecule has 0 aliphatic carbocycles. The highest BCUT2D eigenvalue weighted by molar-refractivity contribution is 9.10. The zero-order valence-electron chi connectivity index (χ0n) is 9.63. The second-order valence-corrected chi connectivity index (χ2v) is 5.35. The normalized spacial score (nSPS) is 23.7. The molecule has 1 aliphatic rings. The molecule has 1 saturated heterocycles. The molecule has 1 amide bonds. The monoisotopic (exact) mass is 298 g/mol. The Morgan fingerprint density at radius 2 is 2.29 bits per heavy atom. The van der Waals surface area contributed by atoms with E-state index in [1.54, 1.807) is 0 Å². The molecule has 1 heterocycles. The number of rotatable bonds is 2. The molecule has 1 aromatic carbocycles. The molecular formula is C12H15BrN2O2. The molecule has 3 N–H and O–H groups in total. The molecule has 0 saturated carbocycles. The Morgan fingerprint density at radius 3 is 2.88 bits per heavy atom. The molecule has 92 valence electrons. The summed E-state index contributed by atoms with van der Waals surface area (Å²) in [6, 6.07) is 5.73. The number of nitrogens with one attached hydrogen (secondary N) is 1. The lowest BCUT2D eigenvalue weighted by atomic mass is 9.99. The van der Waals surface area contributed by atoms with E-state index in [1.807, 2.05) is 25.1 Å². The van der Waals surface area contributed by atoms with Gasteiger partial charge in [0.2, 0.25) is 5.91 Å². The second kappa shape index (κ2) is 4.76. The van der Waals surface area contributed by atoms with E-state index in [1.165, 1.54) is 0 Å². The average molecular weight is 299 g/mol. The third kappa shape index (κ3) is 2.86. The maximum absolute atomic E-state index is 12.0. The van der Waals surface area contributed by atoms with Gasteiger partial charge in [0.25, 0.3) is 0 Å². The maximum Gasteiger partial charge on any atom is 0.246 e. The maximum atomic E-state index is 12.0. The first kappa shape index (κ1) is 12.5. The zero-order chi connectivity index (χ0) is 12.5. The van der Waals surface area contributed by atoms with E-state index in [9.17, 15) is 4.79 Å². The summed E-state index contributed by atoms with van der Waals surface area (Å²) in [6.45, 7) is 2.80. The predicted octanol–water partition coefficient (Wildman–Crippen LogP) is 1.81. The molecule has 1 aromatic rings. The first-order valence-electron chi connectivity index (χ1n) is 5.45. The Balaban J connectivity index is 2.12. The van der Waals surface area contributed by atoms with Gasteiger partial charge in [0.1, 0.15) is 5.54 Å². The summed E-state index contributed by atoms with van der Waals surface area (Å²) in [7, 11) is 0. The van der Waals surface area contributed by atoms with E-state index < -0.39 is 5.54 Å². The molecule has 1 fully saturated rings. The van der Waals surface area contributed by atoms with Gasteiger partial charge in [-0.25, -0.2) is 0 Å². The van der Waals surface area contributed by atoms with E-state index in [0.29, 0.717) is 13.0 Å². The van der Waals surface area contributed by atoms with E-state index >= 15 is 0 Å². The van der Waals surface area contributed by atoms with Crippen molar-refractivity contribution in [1.82, 2.24) is 0 Å². The first-order chi connectivity index (χ1) is 7.99. The third-order valence-electron chi connectivity index (χ3n) is 2.80. The van der Waals surface area contributed by atoms with Crippen LogP contribution in [-0.4, -0.2) is 24.7 Å². The summed E-state index contributed by atoms with van der Waals surface area (Å²) in [6.07, 6.45) is 0.561. The van der Waals surface area contributed by atoms with Crippen LogP contribution in [0.2, 0.25) is 0 Å². The topological polar surface area (TPSA) is 64.4 Å². The molecule has 17 heavy (non-hydrogen) atoms. The van der Waals surface area contributed by atoms with Crippen molar-refractivity contribution < 1.29 is 9.53 Å². The highest BCUT2D eigenvalue weighted by Gasteiger charge is 2.38. The van der Waals surface area contributed by atoms with Crippen molar-refractivity contribution in [2.24, 2.45) is 5.73 Å². The molecule has 0 radical (unpaired) electrons. The predicted molar refractivity (Wildman–Crippen MR) is 69.9 cm³/mol. The number of carbonyl (C=O) groups excluding carboxylic acids is 1. The van der Waals surface area contributed by atoms with E-state index in [0.717, 1.165) is 15.7 Å². The van der Waals surface area contributed by atoms with Gasteiger partial charge in [-0.1, -0.05) is 15.9 Å². The first-order valence-corrected chi connectivity index (χ1v) is 6.24. The molecular weight excluding hydrogens is 284 g/mol. The van der Waals surface area contributed by atoms with Gasteiger partial charge in [-0.15, -0.1) is 0 Å². The molecule has 2 rings (SSSR count). The van der Waals surface area contributed by atoms with Crippen LogP contribution >= 0.6 is 15.9 Å². The third-order valence-corrected chi connectivity index (χ3v) is 3.26. The second-order valence-electron chi connectivity index (χ2n) is 4.43. The summed E-state index contributed by atoms with van der Waals surface area (Å²) in [5, 5.41) is 2.83. The Morgan fingerprint density at radius 1 is 1.53 bits per heavy atom. The van der Waals surface area contributed by atoms with Crippen molar-refractivity contribution in [3.8, 4) is 0 Å². The smallest absolute Gasteiger partial charge is 0.246 e. The van der Waals surface area contributed by atoms with Gasteiger partial charge in [0, 0.05) is 16.8 Å². The number of nitrogens with two attached hydrogens (primary N) is 1. The number of benzene rings is 1. The van der Waals surface area contributed by atoms with Crippen LogP contribution in [0, 0.1) is 6.92 Å². The van der Waals surface area contributed by atoms with E-state index in [4.69, 9.17) is 10.5 Å². The summed E-state index contributed by atoms with van der Waals surface area (Å²) < 4.78 is 6.10. The Kier molecular flexibility index (Phi) is 3.51. The van der Waals surface area contributed by atoms with Crippen molar-refractivity contribution in [2.45, 2.75) is 18.9 Å². The number of carbonyl (C=O) groups is 1. The number of ether oxygens (including phenoxy) is 1. The molecule has 0 bridgehead atoms. The lowest BCUT2D eigenvalue weighted by Crippen LogP contribution is -2.51. The van der Waals surface area contributed by atoms with Gasteiger partial charge < -0.3 is 15.8 Å². The number of aryl methyl sites for hydroxylation is 1. The summed E-state index contributed by atoms with van der Waals surface area (Å²) in [5.74, 6) is -0.187. The molecule has 0 spiro atoms. The van der Waals surface area contributed by atoms with Crippen LogP contribution in [0.3, 0.4) is 0 Å². The Hall–Kier alpha value is -0.910. The summed E-state index contributed by atoms with van der Waals surface area (Å²) >= 11 is 3.39. The van der Waals surface area contributed by atoms with Crippen molar-refractivity contribution in [2.75, 3.05) is 18.5 Å². The lowest BCUT2D eigenvalue weighted by molar-refractivity contribution is -0.121. The van der Waals surface area contributed by atoms with Gasteiger partial charge in [0.15, 0.2) is 0 Å². The number of hydrogen-bond acceptors (Lipinski definition) is 3. The molecule has 1 atom stereocenters. The minimum absolute atomic E-state index is 0.187. The van der Waals surface area contributed by atoms with Crippen LogP contribution in [0.25, 0.3) is 0 Å². The number of anilines is 1. The highest BCUT2D eigenvalue weighted by Crippen LogP contribution is 2.22. The van der Waals surface area contributed by atoms with Crippen molar-refractivity contribution in [1.29, 1.82) is 0 Å². The van der Waals surface area contributed by atoms with Gasteiger partial charge in [-0.3, -0.25) is 4.79 Å². The lowest BCUT2D eigenvalue weighted by Gasteiger charge is -2.20. The molecule has 0 aromatic heterocycles. The minimum atomic E-state index is -0.893. The SMILES string of the molecule is Cc1cc(Br)cc(NC(=O)C2(N)CCOC2)c1. The van der Waals surface area contributed by atoms with Gasteiger partial charge in [0.05, 0.1) is 6.61 Å². The van der Waals surface area contributed by atoms with Crippen LogP contribution in [0.15, 0.2) is 22.7 Å². The van der Waals surface area contributed by atoms with Crippen LogP contribution in [0.5, 0.6) is 0 Å². The van der Waals surface area contributed by atoms with Gasteiger partial charge >= 0.3 is 0 Å². The fourth-order valence-corrected chi connectivity index (χ4v) is 2.43. The Bertz CT molecular complexity index is 422. The average Bonchev–Trinajstić information content (AvgIpc) is 2.64. The van der Waals surface area contributed by atoms with Crippen molar-refractivity contribution >= 4 is 27.5 Å². The number of amides is 1. The zero-order valence-corrected chi connectivity index (χ0v) is 11.2. The molecule has 5 heteroatoms. The molecule has 1 unspecified atom stereocenters. The highest BCUT2D eigenvalue weighted by atomic mass is 79.9. The quantitative estimate of drug-likeness (QED) is 0.875. The standard InChI is InChI=1S/C12H15BrN2O2/c1-8-4-9(13)6-10(5-8)15-11(16)12(14)2-3-17-7-12/h4-6H,2-3,7,14H2,1H3,(H,15,16).